The van der Waals surface area contributed by atoms with Gasteiger partial charge in [-0.2, -0.15) is 13.2 Å². The summed E-state index contributed by atoms with van der Waals surface area (Å²) in [6.07, 6.45) is -3.33. The average molecular weight is 311 g/mol. The van der Waals surface area contributed by atoms with Gasteiger partial charge in [-0.25, -0.2) is 4.98 Å². The molecule has 2 rings (SSSR count). The van der Waals surface area contributed by atoms with Gasteiger partial charge >= 0.3 is 6.18 Å². The molecule has 110 valence electrons. The van der Waals surface area contributed by atoms with Crippen LogP contribution in [0.5, 0.6) is 0 Å². The summed E-state index contributed by atoms with van der Waals surface area (Å²) in [6, 6.07) is 7.63. The molecule has 0 unspecified atom stereocenters. The number of rotatable bonds is 3. The molecule has 0 bridgehead atoms. The van der Waals surface area contributed by atoms with Crippen molar-refractivity contribution in [2.75, 3.05) is 5.32 Å². The van der Waals surface area contributed by atoms with Gasteiger partial charge in [0.25, 0.3) is 0 Å². The molecule has 1 aromatic carbocycles. The van der Waals surface area contributed by atoms with Crippen LogP contribution in [0.15, 0.2) is 36.5 Å². The summed E-state index contributed by atoms with van der Waals surface area (Å²) in [5.41, 5.74) is 7.30. The lowest BCUT2D eigenvalue weighted by Crippen LogP contribution is -2.13. The molecule has 3 N–H and O–H groups in total. The Hall–Kier alpha value is -2.15. The maximum atomic E-state index is 12.5. The summed E-state index contributed by atoms with van der Waals surface area (Å²) in [7, 11) is 0. The monoisotopic (exact) mass is 311 g/mol. The fourth-order valence-electron chi connectivity index (χ4n) is 1.82. The van der Waals surface area contributed by atoms with Crippen LogP contribution < -0.4 is 11.1 Å². The van der Waals surface area contributed by atoms with E-state index in [1.54, 1.807) is 12.1 Å². The van der Waals surface area contributed by atoms with Crippen LogP contribution in [0, 0.1) is 6.92 Å². The minimum Gasteiger partial charge on any atom is -0.389 e. The standard InChI is InChI=1S/C14H12F3N3S/c1-8-3-2-4-10(13(18)21)12(8)20-9-5-6-11(19-7-9)14(15,16)17/h2-7,20H,1H3,(H2,18,21). The first-order valence-corrected chi connectivity index (χ1v) is 6.39. The van der Waals surface area contributed by atoms with Crippen LogP contribution in [0.2, 0.25) is 0 Å². The normalized spacial score (nSPS) is 11.2. The molecule has 0 amide bonds. The Bertz CT molecular complexity index is 666. The van der Waals surface area contributed by atoms with Crippen molar-refractivity contribution in [2.24, 2.45) is 5.73 Å². The lowest BCUT2D eigenvalue weighted by Gasteiger charge is -2.14. The Morgan fingerprint density at radius 2 is 1.95 bits per heavy atom. The molecular weight excluding hydrogens is 299 g/mol. The van der Waals surface area contributed by atoms with Crippen LogP contribution in [0.25, 0.3) is 0 Å². The van der Waals surface area contributed by atoms with Gasteiger partial charge in [0.15, 0.2) is 0 Å². The van der Waals surface area contributed by atoms with E-state index >= 15 is 0 Å². The van der Waals surface area contributed by atoms with Crippen molar-refractivity contribution in [1.82, 2.24) is 4.98 Å². The number of benzene rings is 1. The molecule has 3 nitrogen and oxygen atoms in total. The second kappa shape index (κ2) is 5.69. The highest BCUT2D eigenvalue weighted by Gasteiger charge is 2.32. The van der Waals surface area contributed by atoms with Gasteiger partial charge in [0.2, 0.25) is 0 Å². The first kappa shape index (κ1) is 15.2. The van der Waals surface area contributed by atoms with E-state index in [1.807, 2.05) is 13.0 Å². The third-order valence-corrected chi connectivity index (χ3v) is 3.08. The van der Waals surface area contributed by atoms with Gasteiger partial charge in [0, 0.05) is 5.56 Å². The fraction of sp³-hybridized carbons (Fsp3) is 0.143. The van der Waals surface area contributed by atoms with E-state index in [1.165, 1.54) is 6.07 Å². The Morgan fingerprint density at radius 3 is 2.48 bits per heavy atom. The molecule has 1 heterocycles. The second-order valence-electron chi connectivity index (χ2n) is 4.42. The highest BCUT2D eigenvalue weighted by atomic mass is 32.1. The molecule has 0 radical (unpaired) electrons. The zero-order valence-corrected chi connectivity index (χ0v) is 11.8. The smallest absolute Gasteiger partial charge is 0.389 e. The van der Waals surface area contributed by atoms with Crippen molar-refractivity contribution in [3.05, 3.63) is 53.3 Å². The zero-order chi connectivity index (χ0) is 15.6. The Balaban J connectivity index is 2.33. The summed E-state index contributed by atoms with van der Waals surface area (Å²) in [5, 5.41) is 3.00. The van der Waals surface area contributed by atoms with E-state index in [4.69, 9.17) is 18.0 Å². The largest absolute Gasteiger partial charge is 0.433 e. The van der Waals surface area contributed by atoms with Crippen molar-refractivity contribution < 1.29 is 13.2 Å². The number of hydrogen-bond acceptors (Lipinski definition) is 3. The van der Waals surface area contributed by atoms with Crippen LogP contribution in [-0.2, 0) is 6.18 Å². The fourth-order valence-corrected chi connectivity index (χ4v) is 1.99. The second-order valence-corrected chi connectivity index (χ2v) is 4.86. The van der Waals surface area contributed by atoms with Gasteiger partial charge in [-0.3, -0.25) is 0 Å². The first-order chi connectivity index (χ1) is 9.79. The number of para-hydroxylation sites is 1. The molecule has 0 aliphatic rings. The number of anilines is 2. The van der Waals surface area contributed by atoms with Gasteiger partial charge in [-0.05, 0) is 30.7 Å². The number of nitrogens with one attached hydrogen (secondary N) is 1. The molecule has 2 aromatic rings. The zero-order valence-electron chi connectivity index (χ0n) is 11.0. The van der Waals surface area contributed by atoms with Crippen molar-refractivity contribution in [3.8, 4) is 0 Å². The van der Waals surface area contributed by atoms with E-state index in [2.05, 4.69) is 10.3 Å². The third kappa shape index (κ3) is 3.49. The number of nitrogens with two attached hydrogens (primary N) is 1. The number of aromatic nitrogens is 1. The highest BCUT2D eigenvalue weighted by molar-refractivity contribution is 7.80. The predicted octanol–water partition coefficient (Wildman–Crippen LogP) is 3.79. The molecular formula is C14H12F3N3S. The van der Waals surface area contributed by atoms with Gasteiger partial charge < -0.3 is 11.1 Å². The predicted molar refractivity (Wildman–Crippen MR) is 79.6 cm³/mol. The quantitative estimate of drug-likeness (QED) is 0.847. The number of nitrogens with zero attached hydrogens (tertiary/aromatic N) is 1. The molecule has 0 spiro atoms. The van der Waals surface area contributed by atoms with Crippen LogP contribution >= 0.6 is 12.2 Å². The van der Waals surface area contributed by atoms with Gasteiger partial charge in [-0.15, -0.1) is 0 Å². The number of pyridine rings is 1. The van der Waals surface area contributed by atoms with E-state index in [9.17, 15) is 13.2 Å². The molecule has 0 saturated carbocycles. The highest BCUT2D eigenvalue weighted by Crippen LogP contribution is 2.29. The lowest BCUT2D eigenvalue weighted by atomic mass is 10.1. The number of aryl methyl sites for hydroxylation is 1. The molecule has 21 heavy (non-hydrogen) atoms. The van der Waals surface area contributed by atoms with E-state index in [0.717, 1.165) is 17.8 Å². The number of thiocarbonyl (C=S) groups is 1. The lowest BCUT2D eigenvalue weighted by molar-refractivity contribution is -0.141. The van der Waals surface area contributed by atoms with Crippen molar-refractivity contribution in [3.63, 3.8) is 0 Å². The van der Waals surface area contributed by atoms with E-state index in [0.29, 0.717) is 16.9 Å². The molecule has 1 aromatic heterocycles. The summed E-state index contributed by atoms with van der Waals surface area (Å²) < 4.78 is 37.4. The van der Waals surface area contributed by atoms with Crippen molar-refractivity contribution in [2.45, 2.75) is 13.1 Å². The minimum atomic E-state index is -4.45. The summed E-state index contributed by atoms with van der Waals surface area (Å²) in [6.45, 7) is 1.85. The van der Waals surface area contributed by atoms with Crippen LogP contribution in [0.3, 0.4) is 0 Å². The van der Waals surface area contributed by atoms with E-state index < -0.39 is 11.9 Å². The SMILES string of the molecule is Cc1cccc(C(N)=S)c1Nc1ccc(C(F)(F)F)nc1. The van der Waals surface area contributed by atoms with Crippen LogP contribution in [0.1, 0.15) is 16.8 Å². The van der Waals surface area contributed by atoms with Crippen molar-refractivity contribution >= 4 is 28.6 Å². The average Bonchev–Trinajstić information content (AvgIpc) is 2.40. The van der Waals surface area contributed by atoms with Gasteiger partial charge in [0.05, 0.1) is 17.6 Å². The molecule has 0 aliphatic carbocycles. The minimum absolute atomic E-state index is 0.209. The maximum Gasteiger partial charge on any atom is 0.433 e. The van der Waals surface area contributed by atoms with Gasteiger partial charge in [-0.1, -0.05) is 24.4 Å². The topological polar surface area (TPSA) is 50.9 Å². The third-order valence-electron chi connectivity index (χ3n) is 2.86. The molecule has 7 heteroatoms. The van der Waals surface area contributed by atoms with Crippen LogP contribution in [0.4, 0.5) is 24.5 Å². The number of halogens is 3. The van der Waals surface area contributed by atoms with E-state index in [-0.39, 0.29) is 4.99 Å². The first-order valence-electron chi connectivity index (χ1n) is 5.98. The summed E-state index contributed by atoms with van der Waals surface area (Å²) in [4.78, 5) is 3.61. The molecule has 0 aliphatic heterocycles. The van der Waals surface area contributed by atoms with Gasteiger partial charge in [0.1, 0.15) is 10.7 Å². The molecule has 0 saturated heterocycles. The summed E-state index contributed by atoms with van der Waals surface area (Å²) >= 11 is 4.97. The summed E-state index contributed by atoms with van der Waals surface area (Å²) in [5.74, 6) is 0. The van der Waals surface area contributed by atoms with Crippen molar-refractivity contribution in [1.29, 1.82) is 0 Å². The van der Waals surface area contributed by atoms with Crippen LogP contribution in [-0.4, -0.2) is 9.97 Å². The number of alkyl halides is 3. The molecule has 0 atom stereocenters. The maximum absolute atomic E-state index is 12.5. The Kier molecular flexibility index (Phi) is 4.13. The molecule has 0 fully saturated rings. The number of hydrogen-bond donors (Lipinski definition) is 2. The Morgan fingerprint density at radius 1 is 1.24 bits per heavy atom. The Labute approximate surface area is 125 Å².